The third-order valence-electron chi connectivity index (χ3n) is 7.11. The predicted molar refractivity (Wildman–Crippen MR) is 126 cm³/mol. The Morgan fingerprint density at radius 2 is 1.67 bits per heavy atom. The van der Waals surface area contributed by atoms with Crippen LogP contribution in [0.15, 0.2) is 48.5 Å². The number of hydrogen-bond donors (Lipinski definition) is 1. The molecule has 2 aromatic carbocycles. The first kappa shape index (κ1) is 21.8. The minimum absolute atomic E-state index is 0.0117. The summed E-state index contributed by atoms with van der Waals surface area (Å²) < 4.78 is 12.3. The molecular formula is C27H32N2O4. The van der Waals surface area contributed by atoms with Gasteiger partial charge in [-0.1, -0.05) is 36.8 Å². The van der Waals surface area contributed by atoms with Crippen LogP contribution in [0.25, 0.3) is 0 Å². The van der Waals surface area contributed by atoms with Crippen molar-refractivity contribution in [1.82, 2.24) is 4.90 Å². The van der Waals surface area contributed by atoms with Crippen molar-refractivity contribution >= 4 is 17.5 Å². The molecule has 33 heavy (non-hydrogen) atoms. The molecule has 0 bridgehead atoms. The van der Waals surface area contributed by atoms with E-state index in [0.717, 1.165) is 43.5 Å². The van der Waals surface area contributed by atoms with E-state index in [9.17, 15) is 9.59 Å². The number of nitrogens with one attached hydrogen (secondary N) is 1. The average molecular weight is 449 g/mol. The Balaban J connectivity index is 1.10. The van der Waals surface area contributed by atoms with Crippen LogP contribution in [-0.4, -0.2) is 35.6 Å². The van der Waals surface area contributed by atoms with Crippen LogP contribution >= 0.6 is 0 Å². The van der Waals surface area contributed by atoms with Crippen molar-refractivity contribution in [3.8, 4) is 11.5 Å². The summed E-state index contributed by atoms with van der Waals surface area (Å²) in [6.07, 6.45) is 7.93. The minimum Gasteiger partial charge on any atom is -0.448 e. The second kappa shape index (κ2) is 9.46. The molecule has 1 spiro atoms. The van der Waals surface area contributed by atoms with E-state index in [1.807, 2.05) is 41.3 Å². The molecule has 6 nitrogen and oxygen atoms in total. The monoisotopic (exact) mass is 448 g/mol. The first-order valence-corrected chi connectivity index (χ1v) is 12.2. The number of carbonyl (C=O) groups excluding carboxylic acids is 2. The van der Waals surface area contributed by atoms with E-state index in [2.05, 4.69) is 17.4 Å². The maximum absolute atomic E-state index is 12.9. The zero-order valence-electron chi connectivity index (χ0n) is 19.1. The molecule has 5 rings (SSSR count). The summed E-state index contributed by atoms with van der Waals surface area (Å²) in [6, 6.07) is 15.7. The lowest BCUT2D eigenvalue weighted by Gasteiger charge is -2.31. The van der Waals surface area contributed by atoms with Crippen LogP contribution in [0.4, 0.5) is 5.69 Å². The highest BCUT2D eigenvalue weighted by atomic mass is 16.7. The van der Waals surface area contributed by atoms with Crippen molar-refractivity contribution in [2.75, 3.05) is 18.4 Å². The molecule has 2 heterocycles. The van der Waals surface area contributed by atoms with Gasteiger partial charge in [-0.3, -0.25) is 9.59 Å². The van der Waals surface area contributed by atoms with Crippen molar-refractivity contribution in [3.05, 3.63) is 54.1 Å². The predicted octanol–water partition coefficient (Wildman–Crippen LogP) is 4.93. The highest BCUT2D eigenvalue weighted by Crippen LogP contribution is 2.46. The van der Waals surface area contributed by atoms with E-state index < -0.39 is 5.79 Å². The van der Waals surface area contributed by atoms with Crippen LogP contribution in [0, 0.1) is 5.92 Å². The first-order valence-electron chi connectivity index (χ1n) is 12.2. The number of carbonyl (C=O) groups is 2. The molecule has 0 aromatic heterocycles. The molecule has 2 fully saturated rings. The Kier molecular flexibility index (Phi) is 6.25. The third kappa shape index (κ3) is 5.00. The molecular weight excluding hydrogens is 416 g/mol. The van der Waals surface area contributed by atoms with Crippen LogP contribution in [-0.2, 0) is 16.0 Å². The fraction of sp³-hybridized carbons (Fsp3) is 0.481. The van der Waals surface area contributed by atoms with Gasteiger partial charge in [-0.15, -0.1) is 0 Å². The summed E-state index contributed by atoms with van der Waals surface area (Å²) in [7, 11) is 0. The maximum atomic E-state index is 12.9. The zero-order chi connectivity index (χ0) is 22.7. The fourth-order valence-electron chi connectivity index (χ4n) is 5.16. The number of ether oxygens (including phenoxy) is 2. The van der Waals surface area contributed by atoms with E-state index in [4.69, 9.17) is 9.47 Å². The van der Waals surface area contributed by atoms with Gasteiger partial charge in [0.05, 0.1) is 0 Å². The Labute approximate surface area is 195 Å². The number of anilines is 1. The molecule has 1 N–H and O–H groups in total. The van der Waals surface area contributed by atoms with Gasteiger partial charge in [0, 0.05) is 50.0 Å². The van der Waals surface area contributed by atoms with Gasteiger partial charge in [-0.25, -0.2) is 0 Å². The first-order chi connectivity index (χ1) is 16.1. The van der Waals surface area contributed by atoms with Gasteiger partial charge in [0.1, 0.15) is 0 Å². The van der Waals surface area contributed by atoms with Crippen molar-refractivity contribution in [2.24, 2.45) is 5.92 Å². The number of aryl methyl sites for hydroxylation is 1. The smallest absolute Gasteiger partial charge is 0.251 e. The second-order valence-electron chi connectivity index (χ2n) is 9.47. The number of fused-ring (bicyclic) bond motifs is 1. The molecule has 2 aromatic rings. The van der Waals surface area contributed by atoms with E-state index in [-0.39, 0.29) is 17.7 Å². The fourth-order valence-corrected chi connectivity index (χ4v) is 5.16. The average Bonchev–Trinajstić information content (AvgIpc) is 3.20. The molecule has 0 radical (unpaired) electrons. The lowest BCUT2D eigenvalue weighted by Crippen LogP contribution is -2.41. The van der Waals surface area contributed by atoms with Gasteiger partial charge in [0.2, 0.25) is 11.8 Å². The highest BCUT2D eigenvalue weighted by Gasteiger charge is 2.42. The summed E-state index contributed by atoms with van der Waals surface area (Å²) >= 11 is 0. The SMILES string of the molecule is O=C(Nc1ccc2c(c1)OC1(CCCCC1)O2)C1CCN(C(=O)CCc2ccccc2)CC1. The number of benzene rings is 2. The summed E-state index contributed by atoms with van der Waals surface area (Å²) in [5.41, 5.74) is 1.91. The van der Waals surface area contributed by atoms with Gasteiger partial charge in [0.25, 0.3) is 5.79 Å². The topological polar surface area (TPSA) is 67.9 Å². The second-order valence-corrected chi connectivity index (χ2v) is 9.47. The van der Waals surface area contributed by atoms with Crippen LogP contribution in [0.5, 0.6) is 11.5 Å². The summed E-state index contributed by atoms with van der Waals surface area (Å²) in [5, 5.41) is 3.05. The number of amides is 2. The largest absolute Gasteiger partial charge is 0.448 e. The third-order valence-corrected chi connectivity index (χ3v) is 7.11. The molecule has 1 saturated carbocycles. The molecule has 2 amide bonds. The lowest BCUT2D eigenvalue weighted by molar-refractivity contribution is -0.134. The molecule has 0 atom stereocenters. The van der Waals surface area contributed by atoms with Crippen molar-refractivity contribution < 1.29 is 19.1 Å². The van der Waals surface area contributed by atoms with Gasteiger partial charge >= 0.3 is 0 Å². The van der Waals surface area contributed by atoms with E-state index >= 15 is 0 Å². The van der Waals surface area contributed by atoms with Gasteiger partial charge in [-0.2, -0.15) is 0 Å². The number of rotatable bonds is 5. The Bertz CT molecular complexity index is 992. The van der Waals surface area contributed by atoms with Crippen molar-refractivity contribution in [1.29, 1.82) is 0 Å². The van der Waals surface area contributed by atoms with Crippen LogP contribution < -0.4 is 14.8 Å². The van der Waals surface area contributed by atoms with Crippen LogP contribution in [0.2, 0.25) is 0 Å². The number of piperidine rings is 1. The molecule has 174 valence electrons. The van der Waals surface area contributed by atoms with E-state index in [0.29, 0.717) is 38.1 Å². The quantitative estimate of drug-likeness (QED) is 0.704. The van der Waals surface area contributed by atoms with Crippen LogP contribution in [0.3, 0.4) is 0 Å². The van der Waals surface area contributed by atoms with Crippen molar-refractivity contribution in [3.63, 3.8) is 0 Å². The lowest BCUT2D eigenvalue weighted by atomic mass is 9.94. The number of likely N-dealkylation sites (tertiary alicyclic amines) is 1. The zero-order valence-corrected chi connectivity index (χ0v) is 19.1. The molecule has 2 aliphatic heterocycles. The molecule has 6 heteroatoms. The van der Waals surface area contributed by atoms with E-state index in [1.165, 1.54) is 12.0 Å². The molecule has 0 unspecified atom stereocenters. The normalized spacial score (nSPS) is 19.5. The summed E-state index contributed by atoms with van der Waals surface area (Å²) in [5.74, 6) is 1.06. The summed E-state index contributed by atoms with van der Waals surface area (Å²) in [4.78, 5) is 27.3. The summed E-state index contributed by atoms with van der Waals surface area (Å²) in [6.45, 7) is 1.27. The Morgan fingerprint density at radius 3 is 2.42 bits per heavy atom. The minimum atomic E-state index is -0.511. The van der Waals surface area contributed by atoms with Crippen LogP contribution in [0.1, 0.15) is 56.9 Å². The van der Waals surface area contributed by atoms with Crippen molar-refractivity contribution in [2.45, 2.75) is 63.6 Å². The van der Waals surface area contributed by atoms with Gasteiger partial charge < -0.3 is 19.7 Å². The standard InChI is InChI=1S/C27H32N2O4/c30-25(12-9-20-7-3-1-4-8-20)29-17-13-21(14-18-29)26(31)28-22-10-11-23-24(19-22)33-27(32-23)15-5-2-6-16-27/h1,3-4,7-8,10-11,19,21H,2,5-6,9,12-18H2,(H,28,31). The maximum Gasteiger partial charge on any atom is 0.251 e. The molecule has 1 aliphatic carbocycles. The van der Waals surface area contributed by atoms with Gasteiger partial charge in [-0.05, 0) is 49.8 Å². The molecule has 1 saturated heterocycles. The Morgan fingerprint density at radius 1 is 0.939 bits per heavy atom. The number of nitrogens with zero attached hydrogens (tertiary/aromatic N) is 1. The number of hydrogen-bond acceptors (Lipinski definition) is 4. The Hall–Kier alpha value is -3.02. The molecule has 3 aliphatic rings. The van der Waals surface area contributed by atoms with E-state index in [1.54, 1.807) is 0 Å². The highest BCUT2D eigenvalue weighted by molar-refractivity contribution is 5.93. The van der Waals surface area contributed by atoms with Gasteiger partial charge in [0.15, 0.2) is 11.5 Å².